The predicted molar refractivity (Wildman–Crippen MR) is 81.5 cm³/mol. The standard InChI is InChI=1S/C15H23N5/c1-4-6-16-11-13-10-14(5-7-17-13)20(3)12-15-18-8-9-19(15)2/h5,7-10,16H,4,6,11-12H2,1-3H3. The van der Waals surface area contributed by atoms with Gasteiger partial charge in [0.1, 0.15) is 5.82 Å². The van der Waals surface area contributed by atoms with Gasteiger partial charge in [-0.05, 0) is 25.1 Å². The molecule has 0 saturated heterocycles. The fourth-order valence-electron chi connectivity index (χ4n) is 2.05. The number of aryl methyl sites for hydroxylation is 1. The first-order valence-corrected chi connectivity index (χ1v) is 7.03. The van der Waals surface area contributed by atoms with Crippen LogP contribution in [0, 0.1) is 0 Å². The average molecular weight is 273 g/mol. The third-order valence-electron chi connectivity index (χ3n) is 3.27. The number of imidazole rings is 1. The van der Waals surface area contributed by atoms with Gasteiger partial charge in [0, 0.05) is 44.9 Å². The Kier molecular flexibility index (Phi) is 5.12. The minimum Gasteiger partial charge on any atom is -0.367 e. The third-order valence-corrected chi connectivity index (χ3v) is 3.27. The zero-order valence-corrected chi connectivity index (χ0v) is 12.5. The molecule has 2 aromatic heterocycles. The Morgan fingerprint density at radius 3 is 2.85 bits per heavy atom. The van der Waals surface area contributed by atoms with E-state index in [9.17, 15) is 0 Å². The van der Waals surface area contributed by atoms with Crippen LogP contribution in [0.4, 0.5) is 5.69 Å². The fourth-order valence-corrected chi connectivity index (χ4v) is 2.05. The highest BCUT2D eigenvalue weighted by atomic mass is 15.2. The second-order valence-corrected chi connectivity index (χ2v) is 4.99. The van der Waals surface area contributed by atoms with Gasteiger partial charge in [-0.2, -0.15) is 0 Å². The molecule has 0 aromatic carbocycles. The minimum absolute atomic E-state index is 0.787. The van der Waals surface area contributed by atoms with Gasteiger partial charge >= 0.3 is 0 Å². The lowest BCUT2D eigenvalue weighted by Crippen LogP contribution is -2.20. The molecule has 2 aromatic rings. The van der Waals surface area contributed by atoms with Crippen molar-refractivity contribution in [3.05, 3.63) is 42.2 Å². The van der Waals surface area contributed by atoms with Crippen LogP contribution in [-0.4, -0.2) is 28.1 Å². The Morgan fingerprint density at radius 1 is 1.30 bits per heavy atom. The maximum atomic E-state index is 4.40. The van der Waals surface area contributed by atoms with Gasteiger partial charge in [0.15, 0.2) is 0 Å². The molecule has 0 saturated carbocycles. The summed E-state index contributed by atoms with van der Waals surface area (Å²) >= 11 is 0. The molecule has 0 aliphatic carbocycles. The summed E-state index contributed by atoms with van der Waals surface area (Å²) in [4.78, 5) is 10.9. The SMILES string of the molecule is CCCNCc1cc(N(C)Cc2nccn2C)ccn1. The number of rotatable bonds is 7. The Bertz CT molecular complexity index is 535. The molecule has 0 aliphatic heterocycles. The lowest BCUT2D eigenvalue weighted by Gasteiger charge is -2.19. The van der Waals surface area contributed by atoms with Crippen molar-refractivity contribution in [2.75, 3.05) is 18.5 Å². The highest BCUT2D eigenvalue weighted by Gasteiger charge is 2.06. The molecule has 2 heterocycles. The smallest absolute Gasteiger partial charge is 0.127 e. The van der Waals surface area contributed by atoms with Crippen LogP contribution in [0.2, 0.25) is 0 Å². The number of hydrogen-bond donors (Lipinski definition) is 1. The summed E-state index contributed by atoms with van der Waals surface area (Å²) in [6, 6.07) is 4.16. The van der Waals surface area contributed by atoms with Crippen molar-refractivity contribution in [3.8, 4) is 0 Å². The van der Waals surface area contributed by atoms with E-state index < -0.39 is 0 Å². The second-order valence-electron chi connectivity index (χ2n) is 4.99. The molecule has 0 unspecified atom stereocenters. The normalized spacial score (nSPS) is 10.8. The molecular weight excluding hydrogens is 250 g/mol. The Morgan fingerprint density at radius 2 is 2.15 bits per heavy atom. The number of aromatic nitrogens is 3. The van der Waals surface area contributed by atoms with E-state index in [0.717, 1.165) is 43.3 Å². The lowest BCUT2D eigenvalue weighted by molar-refractivity contribution is 0.664. The first-order valence-electron chi connectivity index (χ1n) is 7.03. The molecule has 0 spiro atoms. The van der Waals surface area contributed by atoms with Crippen LogP contribution in [0.5, 0.6) is 0 Å². The zero-order valence-electron chi connectivity index (χ0n) is 12.5. The summed E-state index contributed by atoms with van der Waals surface area (Å²) in [5.41, 5.74) is 2.24. The van der Waals surface area contributed by atoms with Crippen LogP contribution in [0.1, 0.15) is 24.9 Å². The topological polar surface area (TPSA) is 46.0 Å². The maximum Gasteiger partial charge on any atom is 0.127 e. The summed E-state index contributed by atoms with van der Waals surface area (Å²) in [7, 11) is 4.09. The zero-order chi connectivity index (χ0) is 14.4. The first-order chi connectivity index (χ1) is 9.70. The molecule has 0 radical (unpaired) electrons. The van der Waals surface area contributed by atoms with E-state index in [2.05, 4.69) is 40.2 Å². The molecule has 20 heavy (non-hydrogen) atoms. The van der Waals surface area contributed by atoms with E-state index in [1.165, 1.54) is 0 Å². The van der Waals surface area contributed by atoms with Gasteiger partial charge in [0.25, 0.3) is 0 Å². The first kappa shape index (κ1) is 14.5. The average Bonchev–Trinajstić information content (AvgIpc) is 2.85. The Labute approximate surface area is 120 Å². The Hall–Kier alpha value is -1.88. The second kappa shape index (κ2) is 7.05. The van der Waals surface area contributed by atoms with Gasteiger partial charge in [-0.15, -0.1) is 0 Å². The third kappa shape index (κ3) is 3.81. The highest BCUT2D eigenvalue weighted by molar-refractivity contribution is 5.45. The molecule has 0 aliphatic rings. The van der Waals surface area contributed by atoms with E-state index in [4.69, 9.17) is 0 Å². The van der Waals surface area contributed by atoms with Gasteiger partial charge in [0.05, 0.1) is 12.2 Å². The van der Waals surface area contributed by atoms with Crippen LogP contribution in [0.3, 0.4) is 0 Å². The monoisotopic (exact) mass is 273 g/mol. The molecule has 1 N–H and O–H groups in total. The van der Waals surface area contributed by atoms with E-state index in [1.807, 2.05) is 36.3 Å². The maximum absolute atomic E-state index is 4.40. The minimum atomic E-state index is 0.787. The van der Waals surface area contributed by atoms with Crippen LogP contribution in [0.25, 0.3) is 0 Å². The lowest BCUT2D eigenvalue weighted by atomic mass is 10.3. The van der Waals surface area contributed by atoms with E-state index in [0.29, 0.717) is 0 Å². The predicted octanol–water partition coefficient (Wildman–Crippen LogP) is 1.95. The van der Waals surface area contributed by atoms with Gasteiger partial charge in [-0.25, -0.2) is 4.98 Å². The summed E-state index contributed by atoms with van der Waals surface area (Å²) in [6.07, 6.45) is 6.80. The number of pyridine rings is 1. The van der Waals surface area contributed by atoms with Crippen molar-refractivity contribution >= 4 is 5.69 Å². The van der Waals surface area contributed by atoms with Crippen LogP contribution >= 0.6 is 0 Å². The molecule has 2 rings (SSSR count). The summed E-state index contributed by atoms with van der Waals surface area (Å²) in [6.45, 7) is 4.79. The van der Waals surface area contributed by atoms with Crippen molar-refractivity contribution in [2.24, 2.45) is 7.05 Å². The van der Waals surface area contributed by atoms with E-state index in [1.54, 1.807) is 0 Å². The van der Waals surface area contributed by atoms with Crippen molar-refractivity contribution in [1.29, 1.82) is 0 Å². The van der Waals surface area contributed by atoms with E-state index in [-0.39, 0.29) is 0 Å². The highest BCUT2D eigenvalue weighted by Crippen LogP contribution is 2.15. The molecule has 108 valence electrons. The van der Waals surface area contributed by atoms with Gasteiger partial charge in [-0.3, -0.25) is 4.98 Å². The molecule has 5 nitrogen and oxygen atoms in total. The van der Waals surface area contributed by atoms with Crippen molar-refractivity contribution < 1.29 is 0 Å². The quantitative estimate of drug-likeness (QED) is 0.783. The summed E-state index contributed by atoms with van der Waals surface area (Å²) in [5, 5.41) is 3.37. The van der Waals surface area contributed by atoms with Crippen LogP contribution in [-0.2, 0) is 20.1 Å². The Balaban J connectivity index is 2.00. The van der Waals surface area contributed by atoms with Crippen molar-refractivity contribution in [3.63, 3.8) is 0 Å². The largest absolute Gasteiger partial charge is 0.367 e. The summed E-state index contributed by atoms with van der Waals surface area (Å²) in [5.74, 6) is 1.05. The number of anilines is 1. The van der Waals surface area contributed by atoms with Gasteiger partial charge in [-0.1, -0.05) is 6.92 Å². The van der Waals surface area contributed by atoms with Crippen LogP contribution < -0.4 is 10.2 Å². The molecule has 0 amide bonds. The fraction of sp³-hybridized carbons (Fsp3) is 0.467. The van der Waals surface area contributed by atoms with Gasteiger partial charge in [0.2, 0.25) is 0 Å². The molecule has 5 heteroatoms. The number of nitrogens with one attached hydrogen (secondary N) is 1. The van der Waals surface area contributed by atoms with Crippen molar-refractivity contribution in [1.82, 2.24) is 19.9 Å². The number of nitrogens with zero attached hydrogens (tertiary/aromatic N) is 4. The van der Waals surface area contributed by atoms with Crippen molar-refractivity contribution in [2.45, 2.75) is 26.4 Å². The van der Waals surface area contributed by atoms with E-state index >= 15 is 0 Å². The molecule has 0 fully saturated rings. The molecular formula is C15H23N5. The molecule has 0 bridgehead atoms. The van der Waals surface area contributed by atoms with Crippen LogP contribution in [0.15, 0.2) is 30.7 Å². The number of hydrogen-bond acceptors (Lipinski definition) is 4. The van der Waals surface area contributed by atoms with Gasteiger partial charge < -0.3 is 14.8 Å². The molecule has 0 atom stereocenters. The summed E-state index contributed by atoms with van der Waals surface area (Å²) < 4.78 is 2.04.